The molecular formula is C18H23ClN2O2. The predicted molar refractivity (Wildman–Crippen MR) is 92.8 cm³/mol. The number of anilines is 1. The predicted octanol–water partition coefficient (Wildman–Crippen LogP) is 4.03. The topological polar surface area (TPSA) is 41.6 Å². The highest BCUT2D eigenvalue weighted by atomic mass is 35.5. The molecule has 23 heavy (non-hydrogen) atoms. The molecule has 5 heteroatoms. The third kappa shape index (κ3) is 4.06. The molecule has 4 nitrogen and oxygen atoms in total. The SMILES string of the molecule is COCCN(CC1CC2C=CC1C2)C(=O)Nc1cccc(Cl)c1. The Morgan fingerprint density at radius 2 is 2.26 bits per heavy atom. The lowest BCUT2D eigenvalue weighted by Crippen LogP contribution is -2.41. The van der Waals surface area contributed by atoms with Crippen LogP contribution in [0.5, 0.6) is 0 Å². The van der Waals surface area contributed by atoms with Crippen LogP contribution < -0.4 is 5.32 Å². The average Bonchev–Trinajstić information content (AvgIpc) is 3.14. The monoisotopic (exact) mass is 334 g/mol. The van der Waals surface area contributed by atoms with Crippen LogP contribution in [-0.2, 0) is 4.74 Å². The molecule has 124 valence electrons. The standard InChI is InChI=1S/C18H23ClN2O2/c1-23-8-7-21(12-15-10-13-5-6-14(15)9-13)18(22)20-17-4-2-3-16(19)11-17/h2-6,11,13-15H,7-10,12H2,1H3,(H,20,22). The van der Waals surface area contributed by atoms with Crippen molar-refractivity contribution < 1.29 is 9.53 Å². The smallest absolute Gasteiger partial charge is 0.321 e. The Bertz CT molecular complexity index is 590. The van der Waals surface area contributed by atoms with Gasteiger partial charge in [-0.15, -0.1) is 0 Å². The fraction of sp³-hybridized carbons (Fsp3) is 0.500. The summed E-state index contributed by atoms with van der Waals surface area (Å²) in [5, 5.41) is 3.55. The number of hydrogen-bond donors (Lipinski definition) is 1. The molecule has 2 aliphatic rings. The van der Waals surface area contributed by atoms with Gasteiger partial charge in [0.15, 0.2) is 0 Å². The molecule has 1 saturated carbocycles. The first-order valence-corrected chi connectivity index (χ1v) is 8.52. The number of carbonyl (C=O) groups is 1. The van der Waals surface area contributed by atoms with E-state index in [4.69, 9.17) is 16.3 Å². The van der Waals surface area contributed by atoms with Crippen LogP contribution in [0.25, 0.3) is 0 Å². The molecule has 2 aliphatic carbocycles. The molecular weight excluding hydrogens is 312 g/mol. The average molecular weight is 335 g/mol. The molecule has 3 unspecified atom stereocenters. The van der Waals surface area contributed by atoms with Gasteiger partial charge in [0.25, 0.3) is 0 Å². The summed E-state index contributed by atoms with van der Waals surface area (Å²) >= 11 is 5.98. The maximum Gasteiger partial charge on any atom is 0.321 e. The van der Waals surface area contributed by atoms with Gasteiger partial charge in [-0.05, 0) is 48.8 Å². The molecule has 0 aromatic heterocycles. The van der Waals surface area contributed by atoms with Crippen LogP contribution in [-0.4, -0.2) is 37.7 Å². The first kappa shape index (κ1) is 16.3. The number of urea groups is 1. The largest absolute Gasteiger partial charge is 0.383 e. The molecule has 0 spiro atoms. The maximum atomic E-state index is 12.6. The van der Waals surface area contributed by atoms with Gasteiger partial charge in [0.1, 0.15) is 0 Å². The molecule has 2 bridgehead atoms. The van der Waals surface area contributed by atoms with Crippen molar-refractivity contribution in [3.8, 4) is 0 Å². The number of nitrogens with one attached hydrogen (secondary N) is 1. The molecule has 1 fully saturated rings. The van der Waals surface area contributed by atoms with Gasteiger partial charge in [0, 0.05) is 30.9 Å². The third-order valence-corrected chi connectivity index (χ3v) is 5.03. The van der Waals surface area contributed by atoms with Gasteiger partial charge in [0.05, 0.1) is 6.61 Å². The normalized spacial score (nSPS) is 24.9. The number of amides is 2. The molecule has 1 N–H and O–H groups in total. The summed E-state index contributed by atoms with van der Waals surface area (Å²) in [4.78, 5) is 14.5. The quantitative estimate of drug-likeness (QED) is 0.798. The van der Waals surface area contributed by atoms with Crippen LogP contribution in [0.1, 0.15) is 12.8 Å². The molecule has 3 rings (SSSR count). The third-order valence-electron chi connectivity index (χ3n) is 4.80. The number of ether oxygens (including phenoxy) is 1. The van der Waals surface area contributed by atoms with Crippen molar-refractivity contribution in [3.05, 3.63) is 41.4 Å². The van der Waals surface area contributed by atoms with E-state index >= 15 is 0 Å². The van der Waals surface area contributed by atoms with Crippen LogP contribution in [0, 0.1) is 17.8 Å². The van der Waals surface area contributed by atoms with Gasteiger partial charge in [-0.1, -0.05) is 29.8 Å². The second-order valence-electron chi connectivity index (χ2n) is 6.42. The van der Waals surface area contributed by atoms with Crippen LogP contribution >= 0.6 is 11.6 Å². The highest BCUT2D eigenvalue weighted by molar-refractivity contribution is 6.30. The summed E-state index contributed by atoms with van der Waals surface area (Å²) in [6.07, 6.45) is 7.09. The number of nitrogens with zero attached hydrogens (tertiary/aromatic N) is 1. The molecule has 0 saturated heterocycles. The fourth-order valence-electron chi connectivity index (χ4n) is 3.63. The van der Waals surface area contributed by atoms with Crippen LogP contribution in [0.15, 0.2) is 36.4 Å². The van der Waals surface area contributed by atoms with Gasteiger partial charge in [-0.2, -0.15) is 0 Å². The lowest BCUT2D eigenvalue weighted by atomic mass is 9.93. The Hall–Kier alpha value is -1.52. The number of halogens is 1. The van der Waals surface area contributed by atoms with Crippen LogP contribution in [0.4, 0.5) is 10.5 Å². The Labute approximate surface area is 142 Å². The van der Waals surface area contributed by atoms with Crippen molar-refractivity contribution in [1.29, 1.82) is 0 Å². The zero-order valence-corrected chi connectivity index (χ0v) is 14.1. The van der Waals surface area contributed by atoms with Crippen molar-refractivity contribution >= 4 is 23.3 Å². The van der Waals surface area contributed by atoms with E-state index in [1.807, 2.05) is 17.0 Å². The zero-order valence-electron chi connectivity index (χ0n) is 13.4. The van der Waals surface area contributed by atoms with E-state index in [9.17, 15) is 4.79 Å². The Balaban J connectivity index is 1.63. The first-order chi connectivity index (χ1) is 11.2. The van der Waals surface area contributed by atoms with Crippen molar-refractivity contribution in [2.45, 2.75) is 12.8 Å². The van der Waals surface area contributed by atoms with E-state index in [1.165, 1.54) is 12.8 Å². The molecule has 0 radical (unpaired) electrons. The summed E-state index contributed by atoms with van der Waals surface area (Å²) in [5.41, 5.74) is 0.720. The summed E-state index contributed by atoms with van der Waals surface area (Å²) in [7, 11) is 1.66. The van der Waals surface area contributed by atoms with Crippen molar-refractivity contribution in [2.24, 2.45) is 17.8 Å². The van der Waals surface area contributed by atoms with Crippen LogP contribution in [0.2, 0.25) is 5.02 Å². The molecule has 0 aliphatic heterocycles. The highest BCUT2D eigenvalue weighted by Gasteiger charge is 2.37. The highest BCUT2D eigenvalue weighted by Crippen LogP contribution is 2.43. The molecule has 0 heterocycles. The van der Waals surface area contributed by atoms with Gasteiger partial charge < -0.3 is 15.0 Å². The van der Waals surface area contributed by atoms with E-state index in [0.29, 0.717) is 35.9 Å². The van der Waals surface area contributed by atoms with Crippen molar-refractivity contribution in [2.75, 3.05) is 32.1 Å². The first-order valence-electron chi connectivity index (χ1n) is 8.14. The molecule has 1 aromatic carbocycles. The van der Waals surface area contributed by atoms with E-state index in [-0.39, 0.29) is 6.03 Å². The number of hydrogen-bond acceptors (Lipinski definition) is 2. The van der Waals surface area contributed by atoms with E-state index < -0.39 is 0 Å². The number of benzene rings is 1. The fourth-order valence-corrected chi connectivity index (χ4v) is 3.82. The minimum atomic E-state index is -0.0870. The summed E-state index contributed by atoms with van der Waals surface area (Å²) < 4.78 is 5.16. The number of rotatable bonds is 6. The molecule has 2 amide bonds. The number of allylic oxidation sites excluding steroid dienone is 2. The van der Waals surface area contributed by atoms with Crippen molar-refractivity contribution in [1.82, 2.24) is 4.90 Å². The summed E-state index contributed by atoms with van der Waals surface area (Å²) in [6, 6.07) is 7.14. The molecule has 3 atom stereocenters. The number of methoxy groups -OCH3 is 1. The van der Waals surface area contributed by atoms with Gasteiger partial charge in [-0.25, -0.2) is 4.79 Å². The van der Waals surface area contributed by atoms with Crippen molar-refractivity contribution in [3.63, 3.8) is 0 Å². The molecule has 1 aromatic rings. The minimum Gasteiger partial charge on any atom is -0.383 e. The number of carbonyl (C=O) groups excluding carboxylic acids is 1. The Morgan fingerprint density at radius 3 is 2.91 bits per heavy atom. The second kappa shape index (κ2) is 7.37. The summed E-state index contributed by atoms with van der Waals surface area (Å²) in [5.74, 6) is 1.90. The number of fused-ring (bicyclic) bond motifs is 2. The Kier molecular flexibility index (Phi) is 5.23. The lowest BCUT2D eigenvalue weighted by molar-refractivity contribution is 0.144. The van der Waals surface area contributed by atoms with Gasteiger partial charge in [-0.3, -0.25) is 0 Å². The van der Waals surface area contributed by atoms with E-state index in [2.05, 4.69) is 17.5 Å². The van der Waals surface area contributed by atoms with Crippen LogP contribution in [0.3, 0.4) is 0 Å². The lowest BCUT2D eigenvalue weighted by Gasteiger charge is -2.28. The summed E-state index contributed by atoms with van der Waals surface area (Å²) in [6.45, 7) is 1.92. The minimum absolute atomic E-state index is 0.0870. The van der Waals surface area contributed by atoms with E-state index in [0.717, 1.165) is 12.2 Å². The zero-order chi connectivity index (χ0) is 16.2. The second-order valence-corrected chi connectivity index (χ2v) is 6.86. The maximum absolute atomic E-state index is 12.6. The van der Waals surface area contributed by atoms with Gasteiger partial charge >= 0.3 is 6.03 Å². The Morgan fingerprint density at radius 1 is 1.39 bits per heavy atom. The van der Waals surface area contributed by atoms with E-state index in [1.54, 1.807) is 19.2 Å². The van der Waals surface area contributed by atoms with Gasteiger partial charge in [0.2, 0.25) is 0 Å².